The van der Waals surface area contributed by atoms with E-state index < -0.39 is 5.97 Å². The number of ether oxygens (including phenoxy) is 1. The lowest BCUT2D eigenvalue weighted by atomic mass is 10.1. The van der Waals surface area contributed by atoms with Crippen molar-refractivity contribution in [3.63, 3.8) is 0 Å². The Morgan fingerprint density at radius 1 is 1.03 bits per heavy atom. The molecule has 0 atom stereocenters. The van der Waals surface area contributed by atoms with Gasteiger partial charge in [0.15, 0.2) is 0 Å². The first-order chi connectivity index (χ1) is 13.6. The zero-order valence-electron chi connectivity index (χ0n) is 16.1. The number of aryl methyl sites for hydroxylation is 1. The number of amides is 1. The number of nitrogens with zero attached hydrogens (tertiary/aromatic N) is 1. The third-order valence-electron chi connectivity index (χ3n) is 4.54. The third kappa shape index (κ3) is 5.68. The molecule has 0 saturated heterocycles. The van der Waals surface area contributed by atoms with E-state index in [1.165, 1.54) is 0 Å². The number of rotatable bonds is 8. The van der Waals surface area contributed by atoms with Crippen LogP contribution in [0.4, 0.5) is 0 Å². The Balaban J connectivity index is 0.00000300. The molecule has 0 aliphatic rings. The Labute approximate surface area is 175 Å². The number of methoxy groups -OCH3 is 1. The van der Waals surface area contributed by atoms with Crippen molar-refractivity contribution in [2.45, 2.75) is 19.3 Å². The maximum atomic E-state index is 12.6. The summed E-state index contributed by atoms with van der Waals surface area (Å²) in [5, 5.41) is 12.5. The number of pyridine rings is 1. The topological polar surface area (TPSA) is 88.5 Å². The van der Waals surface area contributed by atoms with Crippen molar-refractivity contribution in [2.75, 3.05) is 13.7 Å². The number of carbonyl (C=O) groups is 2. The van der Waals surface area contributed by atoms with E-state index in [2.05, 4.69) is 10.3 Å². The fourth-order valence-electron chi connectivity index (χ4n) is 3.05. The summed E-state index contributed by atoms with van der Waals surface area (Å²) in [6.45, 7) is 0.494. The van der Waals surface area contributed by atoms with Crippen LogP contribution in [-0.4, -0.2) is 35.6 Å². The Kier molecular flexibility index (Phi) is 7.98. The van der Waals surface area contributed by atoms with Gasteiger partial charge in [-0.25, -0.2) is 0 Å². The van der Waals surface area contributed by atoms with E-state index in [0.29, 0.717) is 36.2 Å². The first-order valence-corrected chi connectivity index (χ1v) is 9.08. The van der Waals surface area contributed by atoms with Crippen molar-refractivity contribution >= 4 is 35.2 Å². The van der Waals surface area contributed by atoms with Crippen LogP contribution in [-0.2, 0) is 17.6 Å². The Morgan fingerprint density at radius 2 is 1.72 bits per heavy atom. The lowest BCUT2D eigenvalue weighted by Crippen LogP contribution is -2.26. The monoisotopic (exact) mass is 414 g/mol. The number of aromatic nitrogens is 1. The van der Waals surface area contributed by atoms with Gasteiger partial charge in [-0.1, -0.05) is 24.3 Å². The second-order valence-corrected chi connectivity index (χ2v) is 6.43. The molecule has 2 N–H and O–H groups in total. The number of carboxylic acid groups (broad SMARTS) is 1. The van der Waals surface area contributed by atoms with Crippen LogP contribution < -0.4 is 10.1 Å². The molecule has 0 aliphatic carbocycles. The van der Waals surface area contributed by atoms with Gasteiger partial charge in [0.1, 0.15) is 5.75 Å². The van der Waals surface area contributed by atoms with E-state index in [4.69, 9.17) is 9.84 Å². The zero-order chi connectivity index (χ0) is 19.9. The van der Waals surface area contributed by atoms with Crippen LogP contribution in [0.5, 0.6) is 5.75 Å². The summed E-state index contributed by atoms with van der Waals surface area (Å²) in [6.07, 6.45) is 2.99. The number of hydrogen-bond donors (Lipinski definition) is 2. The number of fused-ring (bicyclic) bond motifs is 1. The molecule has 2 aromatic carbocycles. The molecule has 152 valence electrons. The van der Waals surface area contributed by atoms with Crippen molar-refractivity contribution in [3.8, 4) is 5.75 Å². The number of carboxylic acids is 1. The molecule has 0 radical (unpaired) electrons. The SMILES string of the molecule is COc1ccc(C(=O)NCCc2ccc(CCC(=O)O)cc2)c2ncccc12.Cl. The van der Waals surface area contributed by atoms with Crippen LogP contribution in [0, 0.1) is 0 Å². The van der Waals surface area contributed by atoms with Gasteiger partial charge < -0.3 is 15.2 Å². The predicted octanol–water partition coefficient (Wildman–Crippen LogP) is 3.65. The predicted molar refractivity (Wildman–Crippen MR) is 114 cm³/mol. The Bertz CT molecular complexity index is 990. The molecule has 1 amide bonds. The first-order valence-electron chi connectivity index (χ1n) is 9.08. The smallest absolute Gasteiger partial charge is 0.303 e. The van der Waals surface area contributed by atoms with E-state index in [1.807, 2.05) is 36.4 Å². The van der Waals surface area contributed by atoms with Gasteiger partial charge in [-0.3, -0.25) is 14.6 Å². The van der Waals surface area contributed by atoms with Crippen LogP contribution in [0.15, 0.2) is 54.7 Å². The molecule has 3 aromatic rings. The maximum absolute atomic E-state index is 12.6. The zero-order valence-corrected chi connectivity index (χ0v) is 16.9. The highest BCUT2D eigenvalue weighted by atomic mass is 35.5. The van der Waals surface area contributed by atoms with Crippen LogP contribution in [0.1, 0.15) is 27.9 Å². The quantitative estimate of drug-likeness (QED) is 0.587. The summed E-state index contributed by atoms with van der Waals surface area (Å²) in [7, 11) is 1.59. The molecular weight excluding hydrogens is 392 g/mol. The average molecular weight is 415 g/mol. The van der Waals surface area contributed by atoms with Gasteiger partial charge in [0, 0.05) is 24.5 Å². The molecule has 0 aliphatic heterocycles. The summed E-state index contributed by atoms with van der Waals surface area (Å²) in [5.74, 6) is -0.292. The molecule has 0 spiro atoms. The van der Waals surface area contributed by atoms with Gasteiger partial charge in [0.05, 0.1) is 18.2 Å². The standard InChI is InChI=1S/C22H22N2O4.ClH/c1-28-19-10-9-18(21-17(19)3-2-13-23-21)22(27)24-14-12-16-6-4-15(5-7-16)8-11-20(25)26;/h2-7,9-10,13H,8,11-12,14H2,1H3,(H,24,27)(H,25,26);1H. The number of aliphatic carboxylic acids is 1. The van der Waals surface area contributed by atoms with E-state index in [0.717, 1.165) is 16.5 Å². The fraction of sp³-hybridized carbons (Fsp3) is 0.227. The first kappa shape index (κ1) is 22.2. The second kappa shape index (κ2) is 10.4. The summed E-state index contributed by atoms with van der Waals surface area (Å²) in [5.41, 5.74) is 3.20. The van der Waals surface area contributed by atoms with E-state index in [-0.39, 0.29) is 24.7 Å². The summed E-state index contributed by atoms with van der Waals surface area (Å²) in [6, 6.07) is 15.0. The van der Waals surface area contributed by atoms with E-state index >= 15 is 0 Å². The molecule has 0 saturated carbocycles. The summed E-state index contributed by atoms with van der Waals surface area (Å²) < 4.78 is 5.34. The molecule has 0 bridgehead atoms. The Hall–Kier alpha value is -3.12. The number of hydrogen-bond acceptors (Lipinski definition) is 4. The average Bonchev–Trinajstić information content (AvgIpc) is 2.72. The lowest BCUT2D eigenvalue weighted by Gasteiger charge is -2.10. The third-order valence-corrected chi connectivity index (χ3v) is 4.54. The minimum absolute atomic E-state index is 0. The largest absolute Gasteiger partial charge is 0.496 e. The van der Waals surface area contributed by atoms with Crippen molar-refractivity contribution in [3.05, 3.63) is 71.4 Å². The molecule has 7 heteroatoms. The van der Waals surface area contributed by atoms with Crippen molar-refractivity contribution in [1.82, 2.24) is 10.3 Å². The van der Waals surface area contributed by atoms with Crippen LogP contribution in [0.25, 0.3) is 10.9 Å². The van der Waals surface area contributed by atoms with E-state index in [1.54, 1.807) is 25.4 Å². The fourth-order valence-corrected chi connectivity index (χ4v) is 3.05. The molecule has 0 fully saturated rings. The van der Waals surface area contributed by atoms with Crippen molar-refractivity contribution in [2.24, 2.45) is 0 Å². The van der Waals surface area contributed by atoms with Gasteiger partial charge in [-0.15, -0.1) is 12.4 Å². The molecule has 1 aromatic heterocycles. The molecule has 29 heavy (non-hydrogen) atoms. The van der Waals surface area contributed by atoms with Gasteiger partial charge in [0.25, 0.3) is 5.91 Å². The lowest BCUT2D eigenvalue weighted by molar-refractivity contribution is -0.136. The van der Waals surface area contributed by atoms with Crippen LogP contribution in [0.2, 0.25) is 0 Å². The highest BCUT2D eigenvalue weighted by Gasteiger charge is 2.13. The van der Waals surface area contributed by atoms with Gasteiger partial charge in [0.2, 0.25) is 0 Å². The highest BCUT2D eigenvalue weighted by molar-refractivity contribution is 6.06. The van der Waals surface area contributed by atoms with Crippen molar-refractivity contribution in [1.29, 1.82) is 0 Å². The molecule has 0 unspecified atom stereocenters. The molecular formula is C22H23ClN2O4. The molecule has 6 nitrogen and oxygen atoms in total. The van der Waals surface area contributed by atoms with Crippen LogP contribution in [0.3, 0.4) is 0 Å². The van der Waals surface area contributed by atoms with Gasteiger partial charge in [-0.05, 0) is 48.2 Å². The van der Waals surface area contributed by atoms with Gasteiger partial charge in [-0.2, -0.15) is 0 Å². The number of halogens is 1. The van der Waals surface area contributed by atoms with Crippen LogP contribution >= 0.6 is 12.4 Å². The summed E-state index contributed by atoms with van der Waals surface area (Å²) >= 11 is 0. The molecule has 3 rings (SSSR count). The van der Waals surface area contributed by atoms with E-state index in [9.17, 15) is 9.59 Å². The minimum atomic E-state index is -0.799. The number of carbonyl (C=O) groups excluding carboxylic acids is 1. The van der Waals surface area contributed by atoms with Gasteiger partial charge >= 0.3 is 5.97 Å². The summed E-state index contributed by atoms with van der Waals surface area (Å²) in [4.78, 5) is 27.6. The molecule has 1 heterocycles. The number of benzene rings is 2. The minimum Gasteiger partial charge on any atom is -0.496 e. The number of nitrogens with one attached hydrogen (secondary N) is 1. The van der Waals surface area contributed by atoms with Crippen molar-refractivity contribution < 1.29 is 19.4 Å². The normalized spacial score (nSPS) is 10.2. The maximum Gasteiger partial charge on any atom is 0.303 e. The second-order valence-electron chi connectivity index (χ2n) is 6.43. The highest BCUT2D eigenvalue weighted by Crippen LogP contribution is 2.26. The Morgan fingerprint density at radius 3 is 2.38 bits per heavy atom.